The molecule has 0 heterocycles. The summed E-state index contributed by atoms with van der Waals surface area (Å²) in [5.41, 5.74) is 5.99. The second kappa shape index (κ2) is 5.77. The van der Waals surface area contributed by atoms with Crippen LogP contribution in [-0.2, 0) is 6.42 Å². The van der Waals surface area contributed by atoms with E-state index >= 15 is 0 Å². The van der Waals surface area contributed by atoms with E-state index in [1.54, 1.807) is 12.1 Å². The quantitative estimate of drug-likeness (QED) is 0.869. The van der Waals surface area contributed by atoms with Gasteiger partial charge in [-0.05, 0) is 36.7 Å². The van der Waals surface area contributed by atoms with Crippen molar-refractivity contribution in [2.24, 2.45) is 5.73 Å². The smallest absolute Gasteiger partial charge is 0.422 e. The Hall–Kier alpha value is -1.43. The predicted molar refractivity (Wildman–Crippen MR) is 57.3 cm³/mol. The fourth-order valence-electron chi connectivity index (χ4n) is 1.33. The van der Waals surface area contributed by atoms with Crippen molar-refractivity contribution in [1.82, 2.24) is 0 Å². The minimum Gasteiger partial charge on any atom is -0.497 e. The zero-order chi connectivity index (χ0) is 12.9. The van der Waals surface area contributed by atoms with Crippen LogP contribution in [0.2, 0.25) is 0 Å². The van der Waals surface area contributed by atoms with Crippen molar-refractivity contribution < 1.29 is 22.6 Å². The Morgan fingerprint density at radius 2 is 2.00 bits per heavy atom. The summed E-state index contributed by atoms with van der Waals surface area (Å²) < 4.78 is 45.8. The minimum absolute atomic E-state index is 0.188. The molecule has 0 aliphatic heterocycles. The van der Waals surface area contributed by atoms with E-state index in [2.05, 4.69) is 0 Å². The summed E-state index contributed by atoms with van der Waals surface area (Å²) in [5.74, 6) is 0.751. The van der Waals surface area contributed by atoms with Gasteiger partial charge in [0.25, 0.3) is 0 Å². The fraction of sp³-hybridized carbons (Fsp3) is 0.455. The van der Waals surface area contributed by atoms with Crippen molar-refractivity contribution in [3.8, 4) is 11.5 Å². The van der Waals surface area contributed by atoms with Gasteiger partial charge in [-0.2, -0.15) is 13.2 Å². The van der Waals surface area contributed by atoms with Crippen molar-refractivity contribution >= 4 is 0 Å². The predicted octanol–water partition coefficient (Wildman–Crippen LogP) is 2.14. The van der Waals surface area contributed by atoms with Crippen molar-refractivity contribution in [2.75, 3.05) is 20.3 Å². The number of benzene rings is 1. The van der Waals surface area contributed by atoms with Gasteiger partial charge >= 0.3 is 6.18 Å². The van der Waals surface area contributed by atoms with Crippen molar-refractivity contribution in [2.45, 2.75) is 12.6 Å². The van der Waals surface area contributed by atoms with Gasteiger partial charge in [-0.25, -0.2) is 0 Å². The number of hydrogen-bond acceptors (Lipinski definition) is 3. The average molecular weight is 249 g/mol. The monoisotopic (exact) mass is 249 g/mol. The maximum Gasteiger partial charge on any atom is 0.422 e. The van der Waals surface area contributed by atoms with Crippen LogP contribution < -0.4 is 15.2 Å². The van der Waals surface area contributed by atoms with Gasteiger partial charge in [0, 0.05) is 0 Å². The Balaban J connectivity index is 2.82. The molecule has 0 aromatic heterocycles. The molecule has 0 atom stereocenters. The van der Waals surface area contributed by atoms with Crippen LogP contribution in [0, 0.1) is 0 Å². The Morgan fingerprint density at radius 1 is 1.29 bits per heavy atom. The van der Waals surface area contributed by atoms with E-state index in [4.69, 9.17) is 15.2 Å². The van der Waals surface area contributed by atoms with Crippen molar-refractivity contribution in [3.63, 3.8) is 0 Å². The summed E-state index contributed by atoms with van der Waals surface area (Å²) in [6.45, 7) is -0.980. The van der Waals surface area contributed by atoms with Gasteiger partial charge in [0.2, 0.25) is 0 Å². The number of nitrogens with two attached hydrogens (primary N) is 1. The van der Waals surface area contributed by atoms with E-state index in [0.29, 0.717) is 24.3 Å². The Kier molecular flexibility index (Phi) is 4.62. The summed E-state index contributed by atoms with van der Waals surface area (Å²) in [6, 6.07) is 4.62. The lowest BCUT2D eigenvalue weighted by Gasteiger charge is -2.13. The number of methoxy groups -OCH3 is 1. The number of rotatable bonds is 5. The number of hydrogen-bond donors (Lipinski definition) is 1. The third kappa shape index (κ3) is 4.52. The second-order valence-corrected chi connectivity index (χ2v) is 3.42. The highest BCUT2D eigenvalue weighted by molar-refractivity contribution is 5.40. The third-order valence-electron chi connectivity index (χ3n) is 2.07. The van der Waals surface area contributed by atoms with E-state index in [-0.39, 0.29) is 5.75 Å². The molecule has 3 nitrogen and oxygen atoms in total. The molecule has 6 heteroatoms. The SMILES string of the molecule is COc1ccc(OCC(F)(F)F)c(CCN)c1. The van der Waals surface area contributed by atoms with E-state index < -0.39 is 12.8 Å². The topological polar surface area (TPSA) is 44.5 Å². The molecule has 1 aromatic carbocycles. The van der Waals surface area contributed by atoms with E-state index in [1.807, 2.05) is 0 Å². The molecule has 0 aliphatic rings. The van der Waals surface area contributed by atoms with Crippen molar-refractivity contribution in [3.05, 3.63) is 23.8 Å². The Labute approximate surface area is 97.3 Å². The third-order valence-corrected chi connectivity index (χ3v) is 2.07. The summed E-state index contributed by atoms with van der Waals surface area (Å²) in [7, 11) is 1.48. The summed E-state index contributed by atoms with van der Waals surface area (Å²) in [5, 5.41) is 0. The molecule has 0 aliphatic carbocycles. The zero-order valence-corrected chi connectivity index (χ0v) is 9.38. The molecule has 2 N–H and O–H groups in total. The highest BCUT2D eigenvalue weighted by Gasteiger charge is 2.28. The van der Waals surface area contributed by atoms with Crippen LogP contribution >= 0.6 is 0 Å². The molecular weight excluding hydrogens is 235 g/mol. The molecule has 0 amide bonds. The van der Waals surface area contributed by atoms with Crippen LogP contribution in [0.4, 0.5) is 13.2 Å². The number of alkyl halides is 3. The van der Waals surface area contributed by atoms with E-state index in [0.717, 1.165) is 0 Å². The summed E-state index contributed by atoms with van der Waals surface area (Å²) in [4.78, 5) is 0. The molecule has 0 radical (unpaired) electrons. The molecule has 0 unspecified atom stereocenters. The first kappa shape index (κ1) is 13.6. The summed E-state index contributed by atoms with van der Waals surface area (Å²) >= 11 is 0. The highest BCUT2D eigenvalue weighted by Crippen LogP contribution is 2.26. The minimum atomic E-state index is -4.35. The van der Waals surface area contributed by atoms with Crippen molar-refractivity contribution in [1.29, 1.82) is 0 Å². The van der Waals surface area contributed by atoms with Crippen LogP contribution in [0.1, 0.15) is 5.56 Å². The van der Waals surface area contributed by atoms with Gasteiger partial charge in [0.1, 0.15) is 11.5 Å². The van der Waals surface area contributed by atoms with Gasteiger partial charge in [0.05, 0.1) is 7.11 Å². The Bertz CT molecular complexity index is 366. The maximum absolute atomic E-state index is 12.0. The van der Waals surface area contributed by atoms with Gasteiger partial charge in [-0.15, -0.1) is 0 Å². The van der Waals surface area contributed by atoms with Gasteiger partial charge < -0.3 is 15.2 Å². The van der Waals surface area contributed by atoms with Crippen LogP contribution in [0.3, 0.4) is 0 Å². The molecular formula is C11H14F3NO2. The van der Waals surface area contributed by atoms with Crippen LogP contribution in [0.5, 0.6) is 11.5 Å². The van der Waals surface area contributed by atoms with Gasteiger partial charge in [-0.3, -0.25) is 0 Å². The van der Waals surface area contributed by atoms with Gasteiger partial charge in [0.15, 0.2) is 6.61 Å². The molecule has 0 bridgehead atoms. The number of halogens is 3. The molecule has 17 heavy (non-hydrogen) atoms. The Morgan fingerprint density at radius 3 is 2.53 bits per heavy atom. The molecule has 0 saturated heterocycles. The number of ether oxygens (including phenoxy) is 2. The first-order chi connectivity index (χ1) is 7.96. The lowest BCUT2D eigenvalue weighted by Crippen LogP contribution is -2.20. The fourth-order valence-corrected chi connectivity index (χ4v) is 1.33. The van der Waals surface area contributed by atoms with Crippen LogP contribution in [0.15, 0.2) is 18.2 Å². The second-order valence-electron chi connectivity index (χ2n) is 3.42. The van der Waals surface area contributed by atoms with Gasteiger partial charge in [-0.1, -0.05) is 0 Å². The van der Waals surface area contributed by atoms with Crippen LogP contribution in [0.25, 0.3) is 0 Å². The standard InChI is InChI=1S/C11H14F3NO2/c1-16-9-2-3-10(8(6-9)4-5-15)17-7-11(12,13)14/h2-3,6H,4-5,7,15H2,1H3. The molecule has 0 fully saturated rings. The first-order valence-electron chi connectivity index (χ1n) is 5.03. The molecule has 0 saturated carbocycles. The average Bonchev–Trinajstić information content (AvgIpc) is 2.26. The first-order valence-corrected chi connectivity index (χ1v) is 5.03. The molecule has 96 valence electrons. The summed E-state index contributed by atoms with van der Waals surface area (Å²) in [6.07, 6.45) is -3.91. The normalized spacial score (nSPS) is 11.4. The van der Waals surface area contributed by atoms with E-state index in [1.165, 1.54) is 13.2 Å². The lowest BCUT2D eigenvalue weighted by atomic mass is 10.1. The van der Waals surface area contributed by atoms with E-state index in [9.17, 15) is 13.2 Å². The molecule has 0 spiro atoms. The van der Waals surface area contributed by atoms with Crippen LogP contribution in [-0.4, -0.2) is 26.4 Å². The zero-order valence-electron chi connectivity index (χ0n) is 9.38. The highest BCUT2D eigenvalue weighted by atomic mass is 19.4. The molecule has 1 aromatic rings. The molecule has 1 rings (SSSR count). The largest absolute Gasteiger partial charge is 0.497 e. The maximum atomic E-state index is 12.0. The lowest BCUT2D eigenvalue weighted by molar-refractivity contribution is -0.153.